The number of nitrogens with zero attached hydrogens (tertiary/aromatic N) is 2. The van der Waals surface area contributed by atoms with Gasteiger partial charge in [0.05, 0.1) is 28.4 Å². The summed E-state index contributed by atoms with van der Waals surface area (Å²) in [7, 11) is 0. The van der Waals surface area contributed by atoms with Crippen molar-refractivity contribution in [1.82, 2.24) is 4.98 Å². The number of hydrogen-bond acceptors (Lipinski definition) is 6. The molecule has 33 heavy (non-hydrogen) atoms. The lowest BCUT2D eigenvalue weighted by atomic mass is 9.95. The Labute approximate surface area is 192 Å². The lowest BCUT2D eigenvalue weighted by Gasteiger charge is -2.24. The molecule has 1 aliphatic heterocycles. The maximum atomic E-state index is 13.8. The van der Waals surface area contributed by atoms with E-state index < -0.39 is 17.7 Å². The summed E-state index contributed by atoms with van der Waals surface area (Å²) in [5.74, 6) is -0.609. The topological polar surface area (TPSA) is 72.6 Å². The van der Waals surface area contributed by atoms with E-state index in [1.807, 2.05) is 30.3 Å². The molecule has 6 nitrogen and oxygen atoms in total. The lowest BCUT2D eigenvalue weighted by Crippen LogP contribution is -2.31. The minimum Gasteiger partial charge on any atom is -0.488 e. The molecule has 2 aromatic carbocycles. The number of ketones is 1. The number of carbonyl (C=O) groups is 2. The molecule has 4 aromatic rings. The monoisotopic (exact) mass is 462 g/mol. The first kappa shape index (κ1) is 21.1. The van der Waals surface area contributed by atoms with E-state index in [4.69, 9.17) is 9.15 Å². The molecule has 1 amide bonds. The molecule has 0 bridgehead atoms. The number of aromatic nitrogens is 1. The van der Waals surface area contributed by atoms with Crippen LogP contribution in [0.15, 0.2) is 76.4 Å². The minimum absolute atomic E-state index is 0.0316. The summed E-state index contributed by atoms with van der Waals surface area (Å²) in [6.45, 7) is 3.70. The van der Waals surface area contributed by atoms with Gasteiger partial charge in [-0.3, -0.25) is 14.5 Å². The number of carbonyl (C=O) groups excluding carboxylic acids is 2. The van der Waals surface area contributed by atoms with E-state index in [1.165, 1.54) is 28.4 Å². The Kier molecular flexibility index (Phi) is 5.30. The van der Waals surface area contributed by atoms with Crippen LogP contribution in [0.1, 0.15) is 34.8 Å². The highest BCUT2D eigenvalue weighted by Crippen LogP contribution is 2.45. The summed E-state index contributed by atoms with van der Waals surface area (Å²) < 4.78 is 25.7. The van der Waals surface area contributed by atoms with Crippen LogP contribution in [-0.2, 0) is 9.53 Å². The van der Waals surface area contributed by atoms with Crippen molar-refractivity contribution in [3.8, 4) is 0 Å². The summed E-state index contributed by atoms with van der Waals surface area (Å²) >= 11 is 1.18. The van der Waals surface area contributed by atoms with Crippen molar-refractivity contribution in [2.75, 3.05) is 11.5 Å². The Morgan fingerprint density at radius 2 is 1.97 bits per heavy atom. The number of benzene rings is 2. The van der Waals surface area contributed by atoms with Crippen LogP contribution in [0.3, 0.4) is 0 Å². The number of Topliss-reactive ketones (excluding diaryl/α,β-unsaturated/α-hetero) is 1. The Hall–Kier alpha value is -3.78. The quantitative estimate of drug-likeness (QED) is 0.349. The van der Waals surface area contributed by atoms with Gasteiger partial charge < -0.3 is 9.15 Å². The molecule has 0 radical (unpaired) electrons. The van der Waals surface area contributed by atoms with Gasteiger partial charge in [0.25, 0.3) is 5.91 Å². The fourth-order valence-corrected chi connectivity index (χ4v) is 4.95. The summed E-state index contributed by atoms with van der Waals surface area (Å²) in [4.78, 5) is 33.2. The lowest BCUT2D eigenvalue weighted by molar-refractivity contribution is -0.117. The van der Waals surface area contributed by atoms with Gasteiger partial charge in [-0.15, -0.1) is 0 Å². The maximum Gasteiger partial charge on any atom is 0.296 e. The average molecular weight is 463 g/mol. The molecule has 0 aliphatic carbocycles. The first-order valence-corrected chi connectivity index (χ1v) is 11.2. The van der Waals surface area contributed by atoms with Gasteiger partial charge in [0, 0.05) is 0 Å². The van der Waals surface area contributed by atoms with Crippen molar-refractivity contribution < 1.29 is 23.1 Å². The number of fused-ring (bicyclic) bond motifs is 1. The third-order valence-electron chi connectivity index (χ3n) is 5.35. The number of anilines is 1. The molecule has 5 rings (SSSR count). The summed E-state index contributed by atoms with van der Waals surface area (Å²) in [5, 5.41) is 0.352. The Bertz CT molecular complexity index is 1410. The second kappa shape index (κ2) is 8.29. The van der Waals surface area contributed by atoms with E-state index >= 15 is 0 Å². The molecule has 8 heteroatoms. The zero-order chi connectivity index (χ0) is 23.1. The van der Waals surface area contributed by atoms with Crippen molar-refractivity contribution >= 4 is 38.4 Å². The van der Waals surface area contributed by atoms with Crippen LogP contribution < -0.4 is 4.90 Å². The standard InChI is InChI=1S/C25H19FN2O4S/c1-3-31-23-20(22(29)18-12-9-14(2)32-18)21(15-7-5-4-6-8-15)28(24(23)30)25-27-17-11-10-16(26)13-19(17)33-25/h4-13,21H,3H2,1-2H3. The molecular weight excluding hydrogens is 443 g/mol. The molecule has 1 aliphatic rings. The third-order valence-corrected chi connectivity index (χ3v) is 6.36. The summed E-state index contributed by atoms with van der Waals surface area (Å²) in [5.41, 5.74) is 1.47. The van der Waals surface area contributed by atoms with Crippen LogP contribution in [0.2, 0.25) is 0 Å². The van der Waals surface area contributed by atoms with E-state index in [1.54, 1.807) is 32.0 Å². The normalized spacial score (nSPS) is 16.2. The smallest absolute Gasteiger partial charge is 0.296 e. The van der Waals surface area contributed by atoms with Crippen molar-refractivity contribution in [1.29, 1.82) is 0 Å². The van der Waals surface area contributed by atoms with Crippen molar-refractivity contribution in [3.63, 3.8) is 0 Å². The van der Waals surface area contributed by atoms with Crippen LogP contribution >= 0.6 is 11.3 Å². The molecule has 2 aromatic heterocycles. The molecule has 0 saturated carbocycles. The molecule has 0 spiro atoms. The molecule has 0 N–H and O–H groups in total. The highest BCUT2D eigenvalue weighted by Gasteiger charge is 2.47. The second-order valence-electron chi connectivity index (χ2n) is 7.51. The van der Waals surface area contributed by atoms with E-state index in [-0.39, 0.29) is 29.5 Å². The molecule has 1 unspecified atom stereocenters. The van der Waals surface area contributed by atoms with Crippen LogP contribution in [-0.4, -0.2) is 23.3 Å². The molecular formula is C25H19FN2O4S. The number of rotatable bonds is 6. The second-order valence-corrected chi connectivity index (χ2v) is 8.52. The first-order valence-electron chi connectivity index (χ1n) is 10.4. The molecule has 0 saturated heterocycles. The fourth-order valence-electron chi connectivity index (χ4n) is 3.93. The van der Waals surface area contributed by atoms with Gasteiger partial charge >= 0.3 is 0 Å². The molecule has 0 fully saturated rings. The third kappa shape index (κ3) is 3.62. The summed E-state index contributed by atoms with van der Waals surface area (Å²) in [6, 6.07) is 16.0. The highest BCUT2D eigenvalue weighted by atomic mass is 32.1. The minimum atomic E-state index is -0.774. The van der Waals surface area contributed by atoms with Crippen LogP contribution in [0.4, 0.5) is 9.52 Å². The largest absolute Gasteiger partial charge is 0.488 e. The number of halogens is 1. The number of hydrogen-bond donors (Lipinski definition) is 0. The SMILES string of the molecule is CCOC1=C(C(=O)c2ccc(C)o2)C(c2ccccc2)N(c2nc3ccc(F)cc3s2)C1=O. The highest BCUT2D eigenvalue weighted by molar-refractivity contribution is 7.22. The summed E-state index contributed by atoms with van der Waals surface area (Å²) in [6.07, 6.45) is 0. The Morgan fingerprint density at radius 1 is 1.18 bits per heavy atom. The van der Waals surface area contributed by atoms with Gasteiger partial charge in [-0.1, -0.05) is 41.7 Å². The van der Waals surface area contributed by atoms with Crippen LogP contribution in [0.5, 0.6) is 0 Å². The van der Waals surface area contributed by atoms with E-state index in [0.717, 1.165) is 5.56 Å². The van der Waals surface area contributed by atoms with Gasteiger partial charge in [0.2, 0.25) is 5.78 Å². The predicted octanol–water partition coefficient (Wildman–Crippen LogP) is 5.60. The number of thiazole rings is 1. The number of amides is 1. The zero-order valence-corrected chi connectivity index (χ0v) is 18.7. The van der Waals surface area contributed by atoms with E-state index in [0.29, 0.717) is 21.1 Å². The Balaban J connectivity index is 1.71. The van der Waals surface area contributed by atoms with Crippen LogP contribution in [0, 0.1) is 12.7 Å². The fraction of sp³-hybridized carbons (Fsp3) is 0.160. The van der Waals surface area contributed by atoms with Crippen molar-refractivity contribution in [2.45, 2.75) is 19.9 Å². The van der Waals surface area contributed by atoms with E-state index in [9.17, 15) is 14.0 Å². The van der Waals surface area contributed by atoms with Crippen molar-refractivity contribution in [2.24, 2.45) is 0 Å². The number of furan rings is 1. The number of aryl methyl sites for hydroxylation is 1. The van der Waals surface area contributed by atoms with Gasteiger partial charge in [-0.2, -0.15) is 0 Å². The van der Waals surface area contributed by atoms with Gasteiger partial charge in [-0.05, 0) is 49.7 Å². The van der Waals surface area contributed by atoms with Gasteiger partial charge in [-0.25, -0.2) is 9.37 Å². The van der Waals surface area contributed by atoms with Crippen molar-refractivity contribution in [3.05, 3.63) is 94.9 Å². The molecule has 166 valence electrons. The van der Waals surface area contributed by atoms with Gasteiger partial charge in [0.1, 0.15) is 11.6 Å². The van der Waals surface area contributed by atoms with E-state index in [2.05, 4.69) is 4.98 Å². The first-order chi connectivity index (χ1) is 16.0. The van der Waals surface area contributed by atoms with Crippen LogP contribution in [0.25, 0.3) is 10.2 Å². The number of ether oxygens (including phenoxy) is 1. The maximum absolute atomic E-state index is 13.8. The predicted molar refractivity (Wildman–Crippen MR) is 123 cm³/mol. The molecule has 3 heterocycles. The average Bonchev–Trinajstić information content (AvgIpc) is 3.50. The molecule has 1 atom stereocenters. The van der Waals surface area contributed by atoms with Gasteiger partial charge in [0.15, 0.2) is 16.7 Å². The zero-order valence-electron chi connectivity index (χ0n) is 17.9. The Morgan fingerprint density at radius 3 is 2.67 bits per heavy atom.